The summed E-state index contributed by atoms with van der Waals surface area (Å²) < 4.78 is 0.658. The molecule has 0 spiro atoms. The summed E-state index contributed by atoms with van der Waals surface area (Å²) in [5, 5.41) is 0. The highest BCUT2D eigenvalue weighted by molar-refractivity contribution is 9.10. The highest BCUT2D eigenvalue weighted by Crippen LogP contribution is 2.07. The summed E-state index contributed by atoms with van der Waals surface area (Å²) in [6.45, 7) is 2.70. The van der Waals surface area contributed by atoms with Crippen LogP contribution in [0.15, 0.2) is 10.8 Å². The lowest BCUT2D eigenvalue weighted by Crippen LogP contribution is -2.06. The number of nitrogens with zero attached hydrogens (tertiary/aromatic N) is 2. The first-order chi connectivity index (χ1) is 5.76. The van der Waals surface area contributed by atoms with E-state index in [4.69, 9.17) is 5.73 Å². The summed E-state index contributed by atoms with van der Waals surface area (Å²) >= 11 is 3.26. The van der Waals surface area contributed by atoms with Crippen molar-refractivity contribution in [2.75, 3.05) is 6.54 Å². The SMILES string of the molecule is CCc1cc(CCN)nc(Br)n1. The van der Waals surface area contributed by atoms with E-state index in [9.17, 15) is 0 Å². The summed E-state index contributed by atoms with van der Waals surface area (Å²) in [7, 11) is 0. The van der Waals surface area contributed by atoms with Crippen molar-refractivity contribution in [3.63, 3.8) is 0 Å². The van der Waals surface area contributed by atoms with Gasteiger partial charge in [0.25, 0.3) is 0 Å². The number of aryl methyl sites for hydroxylation is 1. The Hall–Kier alpha value is -0.480. The quantitative estimate of drug-likeness (QED) is 0.796. The molecular formula is C8H12BrN3. The molecule has 2 N–H and O–H groups in total. The van der Waals surface area contributed by atoms with Gasteiger partial charge in [0.05, 0.1) is 0 Å². The molecule has 0 saturated carbocycles. The molecule has 0 aliphatic heterocycles. The van der Waals surface area contributed by atoms with Crippen LogP contribution in [-0.2, 0) is 12.8 Å². The number of hydrogen-bond acceptors (Lipinski definition) is 3. The monoisotopic (exact) mass is 229 g/mol. The van der Waals surface area contributed by atoms with Crippen LogP contribution in [0.4, 0.5) is 0 Å². The minimum atomic E-state index is 0.632. The first-order valence-electron chi connectivity index (χ1n) is 3.98. The van der Waals surface area contributed by atoms with Crippen LogP contribution in [0.2, 0.25) is 0 Å². The third kappa shape index (κ3) is 2.53. The number of nitrogens with two attached hydrogens (primary N) is 1. The lowest BCUT2D eigenvalue weighted by molar-refractivity contribution is 0.871. The van der Waals surface area contributed by atoms with Gasteiger partial charge < -0.3 is 5.73 Å². The average molecular weight is 230 g/mol. The van der Waals surface area contributed by atoms with Crippen LogP contribution in [0, 0.1) is 0 Å². The molecule has 0 atom stereocenters. The predicted molar refractivity (Wildman–Crippen MR) is 51.9 cm³/mol. The van der Waals surface area contributed by atoms with Crippen LogP contribution in [0.3, 0.4) is 0 Å². The second-order valence-electron chi connectivity index (χ2n) is 2.51. The molecular weight excluding hydrogens is 218 g/mol. The maximum atomic E-state index is 5.43. The van der Waals surface area contributed by atoms with Crippen molar-refractivity contribution >= 4 is 15.9 Å². The molecule has 0 aliphatic rings. The van der Waals surface area contributed by atoms with Gasteiger partial charge in [-0.1, -0.05) is 6.92 Å². The van der Waals surface area contributed by atoms with Crippen molar-refractivity contribution in [1.29, 1.82) is 0 Å². The number of halogens is 1. The molecule has 1 aromatic heterocycles. The molecule has 4 heteroatoms. The molecule has 0 amide bonds. The minimum Gasteiger partial charge on any atom is -0.330 e. The van der Waals surface area contributed by atoms with Gasteiger partial charge in [0, 0.05) is 17.8 Å². The molecule has 0 bridgehead atoms. The normalized spacial score (nSPS) is 10.2. The van der Waals surface area contributed by atoms with Gasteiger partial charge in [-0.2, -0.15) is 0 Å². The topological polar surface area (TPSA) is 51.8 Å². The van der Waals surface area contributed by atoms with E-state index in [0.717, 1.165) is 24.2 Å². The van der Waals surface area contributed by atoms with E-state index in [2.05, 4.69) is 32.8 Å². The van der Waals surface area contributed by atoms with E-state index in [1.165, 1.54) is 0 Å². The van der Waals surface area contributed by atoms with Crippen molar-refractivity contribution in [2.45, 2.75) is 19.8 Å². The molecule has 1 heterocycles. The molecule has 0 fully saturated rings. The number of aromatic nitrogens is 2. The fourth-order valence-corrected chi connectivity index (χ4v) is 1.43. The summed E-state index contributed by atoms with van der Waals surface area (Å²) in [5.74, 6) is 0. The maximum Gasteiger partial charge on any atom is 0.197 e. The molecule has 0 radical (unpaired) electrons. The molecule has 12 heavy (non-hydrogen) atoms. The predicted octanol–water partition coefficient (Wildman–Crippen LogP) is 1.30. The van der Waals surface area contributed by atoms with Crippen LogP contribution in [0.25, 0.3) is 0 Å². The maximum absolute atomic E-state index is 5.43. The van der Waals surface area contributed by atoms with Gasteiger partial charge in [-0.3, -0.25) is 0 Å². The van der Waals surface area contributed by atoms with Gasteiger partial charge in [-0.15, -0.1) is 0 Å². The second-order valence-corrected chi connectivity index (χ2v) is 3.22. The lowest BCUT2D eigenvalue weighted by atomic mass is 10.2. The van der Waals surface area contributed by atoms with Gasteiger partial charge >= 0.3 is 0 Å². The third-order valence-electron chi connectivity index (χ3n) is 1.57. The zero-order valence-corrected chi connectivity index (χ0v) is 8.63. The summed E-state index contributed by atoms with van der Waals surface area (Å²) in [6, 6.07) is 2.00. The van der Waals surface area contributed by atoms with Crippen LogP contribution in [0.5, 0.6) is 0 Å². The standard InChI is InChI=1S/C8H12BrN3/c1-2-6-5-7(3-4-10)12-8(9)11-6/h5H,2-4,10H2,1H3. The highest BCUT2D eigenvalue weighted by atomic mass is 79.9. The lowest BCUT2D eigenvalue weighted by Gasteiger charge is -2.01. The Kier molecular flexibility index (Phi) is 3.62. The molecule has 1 aromatic rings. The van der Waals surface area contributed by atoms with Gasteiger partial charge in [0.2, 0.25) is 0 Å². The molecule has 66 valence electrons. The fraction of sp³-hybridized carbons (Fsp3) is 0.500. The van der Waals surface area contributed by atoms with Crippen LogP contribution < -0.4 is 5.73 Å². The molecule has 3 nitrogen and oxygen atoms in total. The molecule has 0 aliphatic carbocycles. The Morgan fingerprint density at radius 1 is 1.42 bits per heavy atom. The minimum absolute atomic E-state index is 0.632. The van der Waals surface area contributed by atoms with Gasteiger partial charge in [0.1, 0.15) is 0 Å². The van der Waals surface area contributed by atoms with Crippen LogP contribution in [0.1, 0.15) is 18.3 Å². The van der Waals surface area contributed by atoms with E-state index in [0.29, 0.717) is 11.3 Å². The Morgan fingerprint density at radius 3 is 2.67 bits per heavy atom. The second kappa shape index (κ2) is 4.52. The first kappa shape index (κ1) is 9.61. The van der Waals surface area contributed by atoms with Crippen molar-refractivity contribution in [3.8, 4) is 0 Å². The largest absolute Gasteiger partial charge is 0.330 e. The van der Waals surface area contributed by atoms with Crippen LogP contribution in [-0.4, -0.2) is 16.5 Å². The van der Waals surface area contributed by atoms with E-state index in [1.54, 1.807) is 0 Å². The summed E-state index contributed by atoms with van der Waals surface area (Å²) in [6.07, 6.45) is 1.74. The van der Waals surface area contributed by atoms with E-state index in [1.807, 2.05) is 6.07 Å². The molecule has 1 rings (SSSR count). The molecule has 0 unspecified atom stereocenters. The van der Waals surface area contributed by atoms with Crippen molar-refractivity contribution in [1.82, 2.24) is 9.97 Å². The zero-order valence-electron chi connectivity index (χ0n) is 7.05. The smallest absolute Gasteiger partial charge is 0.197 e. The van der Waals surface area contributed by atoms with Gasteiger partial charge in [-0.05, 0) is 35.0 Å². The van der Waals surface area contributed by atoms with Gasteiger partial charge in [-0.25, -0.2) is 9.97 Å². The Labute approximate surface area is 80.5 Å². The zero-order chi connectivity index (χ0) is 8.97. The van der Waals surface area contributed by atoms with E-state index < -0.39 is 0 Å². The number of hydrogen-bond donors (Lipinski definition) is 1. The Balaban J connectivity index is 2.90. The van der Waals surface area contributed by atoms with Gasteiger partial charge in [0.15, 0.2) is 4.73 Å². The highest BCUT2D eigenvalue weighted by Gasteiger charge is 1.99. The van der Waals surface area contributed by atoms with Crippen molar-refractivity contribution in [2.24, 2.45) is 5.73 Å². The van der Waals surface area contributed by atoms with Crippen molar-refractivity contribution < 1.29 is 0 Å². The summed E-state index contributed by atoms with van der Waals surface area (Å²) in [4.78, 5) is 8.40. The van der Waals surface area contributed by atoms with E-state index in [-0.39, 0.29) is 0 Å². The third-order valence-corrected chi connectivity index (χ3v) is 1.92. The number of rotatable bonds is 3. The van der Waals surface area contributed by atoms with E-state index >= 15 is 0 Å². The first-order valence-corrected chi connectivity index (χ1v) is 4.78. The van der Waals surface area contributed by atoms with Crippen molar-refractivity contribution in [3.05, 3.63) is 22.2 Å². The van der Waals surface area contributed by atoms with Crippen LogP contribution >= 0.6 is 15.9 Å². The molecule has 0 saturated heterocycles. The molecule has 0 aromatic carbocycles. The fourth-order valence-electron chi connectivity index (χ4n) is 0.976. The Bertz CT molecular complexity index is 262. The summed E-state index contributed by atoms with van der Waals surface area (Å²) in [5.41, 5.74) is 7.49. The average Bonchev–Trinajstić information content (AvgIpc) is 2.04. The Morgan fingerprint density at radius 2 is 2.08 bits per heavy atom.